The predicted octanol–water partition coefficient (Wildman–Crippen LogP) is 14.0. The first-order valence-corrected chi connectivity index (χ1v) is 23.1. The van der Waals surface area contributed by atoms with E-state index in [0.717, 1.165) is 127 Å². The maximum Gasteiger partial charge on any atom is 0.331 e. The fourth-order valence-electron chi connectivity index (χ4n) is 7.75. The van der Waals surface area contributed by atoms with Gasteiger partial charge in [0, 0.05) is 24.3 Å². The van der Waals surface area contributed by atoms with Crippen LogP contribution in [0.5, 0.6) is 0 Å². The highest BCUT2D eigenvalue weighted by atomic mass is 16.4. The van der Waals surface area contributed by atoms with Crippen LogP contribution in [0.1, 0.15) is 240 Å². The summed E-state index contributed by atoms with van der Waals surface area (Å²) in [5, 5.41) is 29.5. The average molecular weight is 748 g/mol. The van der Waals surface area contributed by atoms with Gasteiger partial charge in [0.2, 0.25) is 0 Å². The lowest BCUT2D eigenvalue weighted by atomic mass is 9.92. The van der Waals surface area contributed by atoms with Gasteiger partial charge in [-0.2, -0.15) is 0 Å². The first-order chi connectivity index (χ1) is 25.9. The number of carboxylic acid groups (broad SMARTS) is 2. The summed E-state index contributed by atoms with van der Waals surface area (Å²) in [5.74, 6) is -1.38. The summed E-state index contributed by atoms with van der Waals surface area (Å²) in [5.41, 5.74) is 3.89. The Kier molecular flexibility index (Phi) is 37.4. The van der Waals surface area contributed by atoms with Crippen molar-refractivity contribution in [3.63, 3.8) is 0 Å². The summed E-state index contributed by atoms with van der Waals surface area (Å²) in [4.78, 5) is 26.9. The SMILES string of the molecule is CCCCCC/C(CCCCC)=C(\CCCCCCCCN(CCCO)CCCCCCCC/C(C(=O)O)=C(/CCCCC)CCCCCC)C(=O)O. The second-order valence-corrected chi connectivity index (χ2v) is 16.0. The molecule has 0 aromatic carbocycles. The van der Waals surface area contributed by atoms with Crippen molar-refractivity contribution in [3.8, 4) is 0 Å². The molecule has 0 heterocycles. The number of rotatable bonds is 41. The van der Waals surface area contributed by atoms with Gasteiger partial charge in [0.25, 0.3) is 0 Å². The Bertz CT molecular complexity index is 856. The molecule has 0 aromatic rings. The van der Waals surface area contributed by atoms with Crippen molar-refractivity contribution in [1.82, 2.24) is 4.90 Å². The molecule has 0 fully saturated rings. The lowest BCUT2D eigenvalue weighted by Gasteiger charge is -2.22. The van der Waals surface area contributed by atoms with Crippen LogP contribution in [0.15, 0.2) is 22.3 Å². The highest BCUT2D eigenvalue weighted by Gasteiger charge is 2.16. The molecular formula is C47H89NO5. The average Bonchev–Trinajstić information content (AvgIpc) is 3.14. The molecule has 0 spiro atoms. The minimum absolute atomic E-state index is 0.244. The Hall–Kier alpha value is -1.66. The van der Waals surface area contributed by atoms with Crippen LogP contribution in [0.3, 0.4) is 0 Å². The molecule has 0 rings (SSSR count). The van der Waals surface area contributed by atoms with Crippen molar-refractivity contribution in [2.75, 3.05) is 26.2 Å². The van der Waals surface area contributed by atoms with Gasteiger partial charge in [0.15, 0.2) is 0 Å². The molecule has 0 atom stereocenters. The van der Waals surface area contributed by atoms with E-state index in [1.165, 1.54) is 127 Å². The van der Waals surface area contributed by atoms with Crippen LogP contribution in [0.4, 0.5) is 0 Å². The Morgan fingerprint density at radius 2 is 0.623 bits per heavy atom. The predicted molar refractivity (Wildman–Crippen MR) is 228 cm³/mol. The molecule has 0 saturated carbocycles. The smallest absolute Gasteiger partial charge is 0.331 e. The molecule has 53 heavy (non-hydrogen) atoms. The molecule has 0 saturated heterocycles. The molecule has 6 nitrogen and oxygen atoms in total. The Labute approximate surface area is 329 Å². The van der Waals surface area contributed by atoms with E-state index in [1.807, 2.05) is 0 Å². The zero-order valence-electron chi connectivity index (χ0n) is 35.8. The molecule has 0 aliphatic carbocycles. The maximum atomic E-state index is 12.2. The second-order valence-electron chi connectivity index (χ2n) is 16.0. The summed E-state index contributed by atoms with van der Waals surface area (Å²) in [6, 6.07) is 0. The highest BCUT2D eigenvalue weighted by molar-refractivity contribution is 5.88. The van der Waals surface area contributed by atoms with Gasteiger partial charge in [-0.25, -0.2) is 9.59 Å². The second kappa shape index (κ2) is 38.6. The normalized spacial score (nSPS) is 12.7. The maximum absolute atomic E-state index is 12.2. The standard InChI is InChI=1S/C47H89NO5/c1-5-9-13-25-34-42(32-23-11-7-3)44(46(50)51)36-27-19-15-17-21-29-38-48(40-31-41-49)39-30-22-18-16-20-28-37-45(47(52)53)43(33-24-12-8-4)35-26-14-10-6-2/h49H,5-41H2,1-4H3,(H,50,51)(H,52,53)/b44-42+,45-43+. The van der Waals surface area contributed by atoms with E-state index in [2.05, 4.69) is 32.6 Å². The molecule has 0 unspecified atom stereocenters. The van der Waals surface area contributed by atoms with Gasteiger partial charge in [-0.1, -0.05) is 154 Å². The fraction of sp³-hybridized carbons (Fsp3) is 0.872. The van der Waals surface area contributed by atoms with E-state index in [4.69, 9.17) is 0 Å². The number of aliphatic hydroxyl groups is 1. The lowest BCUT2D eigenvalue weighted by Crippen LogP contribution is -2.27. The van der Waals surface area contributed by atoms with E-state index in [0.29, 0.717) is 0 Å². The molecule has 0 aliphatic heterocycles. The summed E-state index contributed by atoms with van der Waals surface area (Å²) < 4.78 is 0. The number of carbonyl (C=O) groups is 2. The van der Waals surface area contributed by atoms with Crippen molar-refractivity contribution in [1.29, 1.82) is 0 Å². The molecule has 0 aromatic heterocycles. The number of unbranched alkanes of at least 4 members (excludes halogenated alkanes) is 20. The van der Waals surface area contributed by atoms with Gasteiger partial charge in [0.1, 0.15) is 0 Å². The largest absolute Gasteiger partial charge is 0.478 e. The number of nitrogens with zero attached hydrogens (tertiary/aromatic N) is 1. The third-order valence-corrected chi connectivity index (χ3v) is 11.1. The van der Waals surface area contributed by atoms with E-state index in [-0.39, 0.29) is 6.61 Å². The minimum atomic E-state index is -0.688. The third-order valence-electron chi connectivity index (χ3n) is 11.1. The first-order valence-electron chi connectivity index (χ1n) is 23.1. The molecule has 0 aliphatic rings. The van der Waals surface area contributed by atoms with Crippen molar-refractivity contribution in [3.05, 3.63) is 22.3 Å². The van der Waals surface area contributed by atoms with Crippen LogP contribution < -0.4 is 0 Å². The van der Waals surface area contributed by atoms with E-state index in [1.54, 1.807) is 0 Å². The molecule has 312 valence electrons. The number of hydrogen-bond donors (Lipinski definition) is 3. The number of carboxylic acids is 2. The number of allylic oxidation sites excluding steroid dienone is 2. The van der Waals surface area contributed by atoms with E-state index < -0.39 is 11.9 Å². The summed E-state index contributed by atoms with van der Waals surface area (Å²) >= 11 is 0. The van der Waals surface area contributed by atoms with Gasteiger partial charge in [0.05, 0.1) is 0 Å². The monoisotopic (exact) mass is 748 g/mol. The van der Waals surface area contributed by atoms with Crippen LogP contribution >= 0.6 is 0 Å². The number of aliphatic carboxylic acids is 2. The number of aliphatic hydroxyl groups excluding tert-OH is 1. The first kappa shape index (κ1) is 51.3. The molecule has 3 N–H and O–H groups in total. The molecular weight excluding hydrogens is 659 g/mol. The van der Waals surface area contributed by atoms with Gasteiger partial charge in [-0.3, -0.25) is 0 Å². The van der Waals surface area contributed by atoms with Crippen LogP contribution in [0, 0.1) is 0 Å². The zero-order valence-corrected chi connectivity index (χ0v) is 35.8. The zero-order chi connectivity index (χ0) is 39.2. The van der Waals surface area contributed by atoms with E-state index in [9.17, 15) is 24.9 Å². The topological polar surface area (TPSA) is 98.1 Å². The van der Waals surface area contributed by atoms with Gasteiger partial charge in [-0.05, 0) is 109 Å². The third kappa shape index (κ3) is 30.3. The fourth-order valence-corrected chi connectivity index (χ4v) is 7.75. The molecule has 0 radical (unpaired) electrons. The number of hydrogen-bond acceptors (Lipinski definition) is 4. The van der Waals surface area contributed by atoms with Crippen molar-refractivity contribution >= 4 is 11.9 Å². The highest BCUT2D eigenvalue weighted by Crippen LogP contribution is 2.26. The Morgan fingerprint density at radius 1 is 0.358 bits per heavy atom. The summed E-state index contributed by atoms with van der Waals surface area (Å²) in [7, 11) is 0. The minimum Gasteiger partial charge on any atom is -0.478 e. The van der Waals surface area contributed by atoms with Gasteiger partial charge < -0.3 is 20.2 Å². The van der Waals surface area contributed by atoms with E-state index >= 15 is 0 Å². The quantitative estimate of drug-likeness (QED) is 0.0425. The van der Waals surface area contributed by atoms with Crippen molar-refractivity contribution < 1.29 is 24.9 Å². The van der Waals surface area contributed by atoms with Gasteiger partial charge >= 0.3 is 11.9 Å². The van der Waals surface area contributed by atoms with Crippen molar-refractivity contribution in [2.45, 2.75) is 240 Å². The molecule has 0 amide bonds. The molecule has 0 bridgehead atoms. The summed E-state index contributed by atoms with van der Waals surface area (Å²) in [6.07, 6.45) is 36.3. The summed E-state index contributed by atoms with van der Waals surface area (Å²) in [6.45, 7) is 12.3. The molecule has 6 heteroatoms. The van der Waals surface area contributed by atoms with Crippen LogP contribution in [0.25, 0.3) is 0 Å². The van der Waals surface area contributed by atoms with Crippen LogP contribution in [0.2, 0.25) is 0 Å². The Morgan fingerprint density at radius 3 is 0.962 bits per heavy atom. The van der Waals surface area contributed by atoms with Crippen molar-refractivity contribution in [2.24, 2.45) is 0 Å². The lowest BCUT2D eigenvalue weighted by molar-refractivity contribution is -0.133. The Balaban J connectivity index is 4.51. The van der Waals surface area contributed by atoms with Gasteiger partial charge in [-0.15, -0.1) is 0 Å². The van der Waals surface area contributed by atoms with Crippen LogP contribution in [-0.2, 0) is 9.59 Å². The van der Waals surface area contributed by atoms with Crippen LogP contribution in [-0.4, -0.2) is 58.4 Å².